The van der Waals surface area contributed by atoms with Crippen LogP contribution in [0.1, 0.15) is 0 Å². The minimum atomic E-state index is -1.17. The third kappa shape index (κ3) is 2.21. The second-order valence-corrected chi connectivity index (χ2v) is 1.95. The molecule has 0 saturated carbocycles. The number of allylic oxidation sites excluding steroid dienone is 1. The van der Waals surface area contributed by atoms with Crippen LogP contribution in [0.2, 0.25) is 0 Å². The van der Waals surface area contributed by atoms with E-state index in [1.54, 1.807) is 0 Å². The van der Waals surface area contributed by atoms with E-state index in [0.29, 0.717) is 5.70 Å². The number of hydrogen-bond acceptors (Lipinski definition) is 3. The molecule has 3 N–H and O–H groups in total. The van der Waals surface area contributed by atoms with Crippen LogP contribution in [0.3, 0.4) is 0 Å². The van der Waals surface area contributed by atoms with Gasteiger partial charge in [-0.05, 0) is 0 Å². The Labute approximate surface area is 62.6 Å². The molecule has 1 rings (SSSR count). The number of aliphatic hydroxyl groups excluding tert-OH is 1. The maximum absolute atomic E-state index is 10.1. The highest BCUT2D eigenvalue weighted by molar-refractivity contribution is 5.67. The first-order valence-electron chi connectivity index (χ1n) is 2.90. The highest BCUT2D eigenvalue weighted by Gasteiger charge is 2.06. The summed E-state index contributed by atoms with van der Waals surface area (Å²) in [6.07, 6.45) is 1.26. The monoisotopic (exact) mass is 157 g/mol. The molecule has 0 aliphatic carbocycles. The first-order chi connectivity index (χ1) is 5.18. The van der Waals surface area contributed by atoms with Crippen LogP contribution < -0.4 is 5.32 Å². The van der Waals surface area contributed by atoms with Gasteiger partial charge in [-0.2, -0.15) is 0 Å². The van der Waals surface area contributed by atoms with Gasteiger partial charge in [0.1, 0.15) is 12.9 Å². The molecule has 1 aliphatic rings. The van der Waals surface area contributed by atoms with Crippen molar-refractivity contribution in [3.63, 3.8) is 0 Å². The second kappa shape index (κ2) is 2.96. The summed E-state index contributed by atoms with van der Waals surface area (Å²) in [6, 6.07) is 0. The molecule has 0 atom stereocenters. The topological polar surface area (TPSA) is 78.8 Å². The summed E-state index contributed by atoms with van der Waals surface area (Å²) < 4.78 is 4.69. The van der Waals surface area contributed by atoms with Crippen LogP contribution in [0.4, 0.5) is 4.79 Å². The molecule has 0 aromatic carbocycles. The van der Waals surface area contributed by atoms with Crippen LogP contribution in [-0.4, -0.2) is 22.9 Å². The lowest BCUT2D eigenvalue weighted by molar-refractivity contribution is 0.191. The van der Waals surface area contributed by atoms with Crippen LogP contribution in [-0.2, 0) is 4.74 Å². The summed E-state index contributed by atoms with van der Waals surface area (Å²) >= 11 is 0. The summed E-state index contributed by atoms with van der Waals surface area (Å²) in [5.41, 5.74) is 0.317. The number of carboxylic acid groups (broad SMARTS) is 1. The Balaban J connectivity index is 2.58. The molecule has 0 spiro atoms. The normalized spacial score (nSPS) is 16.0. The van der Waals surface area contributed by atoms with Crippen molar-refractivity contribution in [2.45, 2.75) is 0 Å². The van der Waals surface area contributed by atoms with Gasteiger partial charge in [-0.25, -0.2) is 4.79 Å². The largest absolute Gasteiger partial charge is 0.505 e. The van der Waals surface area contributed by atoms with Gasteiger partial charge >= 0.3 is 6.09 Å². The Kier molecular flexibility index (Phi) is 2.00. The van der Waals surface area contributed by atoms with Crippen molar-refractivity contribution in [1.82, 2.24) is 5.32 Å². The highest BCUT2D eigenvalue weighted by Crippen LogP contribution is 2.04. The molecule has 1 heterocycles. The summed E-state index contributed by atoms with van der Waals surface area (Å²) in [4.78, 5) is 10.1. The zero-order valence-corrected chi connectivity index (χ0v) is 5.57. The molecule has 0 bridgehead atoms. The molecular formula is C6H7NO4. The summed E-state index contributed by atoms with van der Waals surface area (Å²) in [7, 11) is 0. The SMILES string of the molecule is O=C(O)NC1=CC(O)=COC1. The van der Waals surface area contributed by atoms with E-state index in [1.807, 2.05) is 0 Å². The molecule has 0 aromatic rings. The Morgan fingerprint density at radius 3 is 3.00 bits per heavy atom. The maximum atomic E-state index is 10.1. The number of amides is 1. The predicted octanol–water partition coefficient (Wildman–Crippen LogP) is 0.567. The van der Waals surface area contributed by atoms with Gasteiger partial charge in [0.2, 0.25) is 0 Å². The Bertz CT molecular complexity index is 231. The van der Waals surface area contributed by atoms with Crippen molar-refractivity contribution in [2.75, 3.05) is 6.61 Å². The highest BCUT2D eigenvalue weighted by atomic mass is 16.5. The minimum Gasteiger partial charge on any atom is -0.505 e. The molecular weight excluding hydrogens is 150 g/mol. The van der Waals surface area contributed by atoms with E-state index in [0.717, 1.165) is 6.26 Å². The second-order valence-electron chi connectivity index (χ2n) is 1.95. The summed E-state index contributed by atoms with van der Waals surface area (Å²) in [6.45, 7) is 0.135. The lowest BCUT2D eigenvalue weighted by Gasteiger charge is -2.10. The van der Waals surface area contributed by atoms with Crippen LogP contribution in [0.25, 0.3) is 0 Å². The molecule has 0 aromatic heterocycles. The van der Waals surface area contributed by atoms with Crippen molar-refractivity contribution < 1.29 is 19.7 Å². The van der Waals surface area contributed by atoms with Gasteiger partial charge in [0.05, 0.1) is 5.70 Å². The number of rotatable bonds is 1. The molecule has 0 radical (unpaired) electrons. The van der Waals surface area contributed by atoms with Gasteiger partial charge in [0.25, 0.3) is 0 Å². The minimum absolute atomic E-state index is 0.0972. The van der Waals surface area contributed by atoms with Gasteiger partial charge in [0.15, 0.2) is 5.76 Å². The molecule has 1 amide bonds. The lowest BCUT2D eigenvalue weighted by Crippen LogP contribution is -2.24. The molecule has 5 nitrogen and oxygen atoms in total. The molecule has 60 valence electrons. The molecule has 1 aliphatic heterocycles. The average molecular weight is 157 g/mol. The average Bonchev–Trinajstić information content (AvgIpc) is 1.85. The fraction of sp³-hybridized carbons (Fsp3) is 0.167. The third-order valence-electron chi connectivity index (χ3n) is 1.03. The van der Waals surface area contributed by atoms with Gasteiger partial charge < -0.3 is 14.9 Å². The number of aliphatic hydroxyl groups is 1. The predicted molar refractivity (Wildman–Crippen MR) is 35.9 cm³/mol. The Morgan fingerprint density at radius 2 is 2.45 bits per heavy atom. The lowest BCUT2D eigenvalue weighted by atomic mass is 10.3. The quantitative estimate of drug-likeness (QED) is 0.519. The first kappa shape index (κ1) is 7.46. The molecule has 0 fully saturated rings. The van der Waals surface area contributed by atoms with E-state index in [-0.39, 0.29) is 12.4 Å². The van der Waals surface area contributed by atoms with Gasteiger partial charge in [-0.1, -0.05) is 0 Å². The van der Waals surface area contributed by atoms with Crippen molar-refractivity contribution in [3.8, 4) is 0 Å². The summed E-state index contributed by atoms with van der Waals surface area (Å²) in [5.74, 6) is -0.0972. The van der Waals surface area contributed by atoms with Crippen molar-refractivity contribution in [3.05, 3.63) is 23.8 Å². The zero-order valence-electron chi connectivity index (χ0n) is 5.57. The number of ether oxygens (including phenoxy) is 1. The number of nitrogens with one attached hydrogen (secondary N) is 1. The molecule has 0 unspecified atom stereocenters. The van der Waals surface area contributed by atoms with Gasteiger partial charge in [-0.15, -0.1) is 0 Å². The van der Waals surface area contributed by atoms with Crippen LogP contribution in [0, 0.1) is 0 Å². The van der Waals surface area contributed by atoms with Gasteiger partial charge in [0, 0.05) is 6.08 Å². The smallest absolute Gasteiger partial charge is 0.409 e. The third-order valence-corrected chi connectivity index (χ3v) is 1.03. The zero-order chi connectivity index (χ0) is 8.27. The Hall–Kier alpha value is -1.65. The molecule has 0 saturated heterocycles. The van der Waals surface area contributed by atoms with Crippen LogP contribution >= 0.6 is 0 Å². The van der Waals surface area contributed by atoms with E-state index >= 15 is 0 Å². The number of carbonyl (C=O) groups is 1. The first-order valence-corrected chi connectivity index (χ1v) is 2.90. The number of hydrogen-bond donors (Lipinski definition) is 3. The van der Waals surface area contributed by atoms with Crippen molar-refractivity contribution in [1.29, 1.82) is 0 Å². The Morgan fingerprint density at radius 1 is 1.73 bits per heavy atom. The van der Waals surface area contributed by atoms with Crippen molar-refractivity contribution >= 4 is 6.09 Å². The standard InChI is InChI=1S/C6H7NO4/c8-5-1-4(2-11-3-5)7-6(9)10/h1,3,7-8H,2H2,(H,9,10). The fourth-order valence-corrected chi connectivity index (χ4v) is 0.681. The fourth-order valence-electron chi connectivity index (χ4n) is 0.681. The van der Waals surface area contributed by atoms with Crippen LogP contribution in [0.5, 0.6) is 0 Å². The van der Waals surface area contributed by atoms with E-state index < -0.39 is 6.09 Å². The molecule has 5 heteroatoms. The van der Waals surface area contributed by atoms with Crippen molar-refractivity contribution in [2.24, 2.45) is 0 Å². The van der Waals surface area contributed by atoms with Gasteiger partial charge in [-0.3, -0.25) is 5.32 Å². The van der Waals surface area contributed by atoms with E-state index in [9.17, 15) is 4.79 Å². The van der Waals surface area contributed by atoms with E-state index in [2.05, 4.69) is 10.1 Å². The summed E-state index contributed by atoms with van der Waals surface area (Å²) in [5, 5.41) is 19.1. The molecule has 11 heavy (non-hydrogen) atoms. The van der Waals surface area contributed by atoms with Crippen LogP contribution in [0.15, 0.2) is 23.8 Å². The van der Waals surface area contributed by atoms with E-state index in [4.69, 9.17) is 10.2 Å². The maximum Gasteiger partial charge on any atom is 0.409 e. The van der Waals surface area contributed by atoms with E-state index in [1.165, 1.54) is 6.08 Å².